The maximum atomic E-state index is 13.6. The van der Waals surface area contributed by atoms with Crippen molar-refractivity contribution in [2.24, 2.45) is 12.8 Å². The van der Waals surface area contributed by atoms with Crippen molar-refractivity contribution in [2.45, 2.75) is 25.8 Å². The topological polar surface area (TPSA) is 72.9 Å². The monoisotopic (exact) mass is 278 g/mol. The molecular weight excluding hydrogens is 259 g/mol. The number of hydrogen-bond acceptors (Lipinski definition) is 3. The highest BCUT2D eigenvalue weighted by atomic mass is 19.1. The molecule has 0 aliphatic rings. The number of imidazole rings is 1. The minimum atomic E-state index is -0.904. The number of fused-ring (bicyclic) bond motifs is 1. The van der Waals surface area contributed by atoms with E-state index >= 15 is 0 Å². The molecule has 1 heterocycles. The Bertz CT molecular complexity index is 642. The molecule has 3 N–H and O–H groups in total. The van der Waals surface area contributed by atoms with Gasteiger partial charge in [0.1, 0.15) is 11.3 Å². The van der Waals surface area contributed by atoms with Crippen LogP contribution in [0.2, 0.25) is 0 Å². The Hall–Kier alpha value is -1.95. The molecule has 0 unspecified atom stereocenters. The number of halogens is 1. The number of para-hydroxylation sites is 1. The molecule has 108 valence electrons. The van der Waals surface area contributed by atoms with E-state index in [2.05, 4.69) is 10.3 Å². The summed E-state index contributed by atoms with van der Waals surface area (Å²) in [6.07, 6.45) is 0.520. The molecular formula is C14H19FN4O. The summed E-state index contributed by atoms with van der Waals surface area (Å²) >= 11 is 0. The lowest BCUT2D eigenvalue weighted by Gasteiger charge is -2.17. The van der Waals surface area contributed by atoms with E-state index in [0.717, 1.165) is 11.3 Å². The van der Waals surface area contributed by atoms with Crippen LogP contribution >= 0.6 is 0 Å². The molecule has 20 heavy (non-hydrogen) atoms. The van der Waals surface area contributed by atoms with Gasteiger partial charge in [0.25, 0.3) is 0 Å². The van der Waals surface area contributed by atoms with E-state index in [-0.39, 0.29) is 11.7 Å². The number of carbonyl (C=O) groups excluding carboxylic acids is 1. The molecule has 0 fully saturated rings. The van der Waals surface area contributed by atoms with Crippen LogP contribution in [-0.4, -0.2) is 27.5 Å². The third-order valence-corrected chi connectivity index (χ3v) is 3.17. The zero-order valence-corrected chi connectivity index (χ0v) is 11.9. The summed E-state index contributed by atoms with van der Waals surface area (Å²) in [6.45, 7) is 3.71. The van der Waals surface area contributed by atoms with E-state index in [4.69, 9.17) is 5.73 Å². The van der Waals surface area contributed by atoms with Crippen molar-refractivity contribution in [1.82, 2.24) is 14.9 Å². The molecule has 0 aliphatic carbocycles. The normalized spacial score (nSPS) is 11.8. The molecule has 1 amide bonds. The summed E-state index contributed by atoms with van der Waals surface area (Å²) in [5, 5.41) is 2.75. The minimum absolute atomic E-state index is 0.220. The maximum Gasteiger partial charge on any atom is 0.239 e. The standard InChI is InChI=1S/C14H19FN4O/c1-14(2,16)13(20)17-8-7-11-18-12-9(15)5-4-6-10(12)19(11)3/h4-6H,7-8,16H2,1-3H3,(H,17,20). The highest BCUT2D eigenvalue weighted by Gasteiger charge is 2.21. The van der Waals surface area contributed by atoms with E-state index in [1.165, 1.54) is 6.07 Å². The maximum absolute atomic E-state index is 13.6. The average molecular weight is 278 g/mol. The van der Waals surface area contributed by atoms with Crippen molar-refractivity contribution in [2.75, 3.05) is 6.54 Å². The van der Waals surface area contributed by atoms with Gasteiger partial charge in [-0.1, -0.05) is 6.07 Å². The van der Waals surface area contributed by atoms with Crippen molar-refractivity contribution in [1.29, 1.82) is 0 Å². The minimum Gasteiger partial charge on any atom is -0.354 e. The Morgan fingerprint density at radius 2 is 2.20 bits per heavy atom. The van der Waals surface area contributed by atoms with Crippen molar-refractivity contribution in [3.05, 3.63) is 29.8 Å². The zero-order chi connectivity index (χ0) is 14.9. The fourth-order valence-electron chi connectivity index (χ4n) is 1.97. The summed E-state index contributed by atoms with van der Waals surface area (Å²) in [7, 11) is 1.83. The van der Waals surface area contributed by atoms with E-state index in [9.17, 15) is 9.18 Å². The van der Waals surface area contributed by atoms with Crippen LogP contribution in [-0.2, 0) is 18.3 Å². The van der Waals surface area contributed by atoms with Crippen LogP contribution in [0, 0.1) is 5.82 Å². The van der Waals surface area contributed by atoms with Gasteiger partial charge in [-0.25, -0.2) is 9.37 Å². The number of aromatic nitrogens is 2. The quantitative estimate of drug-likeness (QED) is 0.880. The van der Waals surface area contributed by atoms with Gasteiger partial charge in [-0.15, -0.1) is 0 Å². The number of carbonyl (C=O) groups is 1. The van der Waals surface area contributed by atoms with Crippen LogP contribution in [0.25, 0.3) is 11.0 Å². The van der Waals surface area contributed by atoms with Gasteiger partial charge in [-0.3, -0.25) is 4.79 Å². The van der Waals surface area contributed by atoms with Crippen LogP contribution in [0.4, 0.5) is 4.39 Å². The van der Waals surface area contributed by atoms with E-state index in [1.54, 1.807) is 19.9 Å². The number of hydrogen-bond donors (Lipinski definition) is 2. The first kappa shape index (κ1) is 14.5. The summed E-state index contributed by atoms with van der Waals surface area (Å²) in [6, 6.07) is 4.86. The highest BCUT2D eigenvalue weighted by Crippen LogP contribution is 2.17. The van der Waals surface area contributed by atoms with E-state index in [1.807, 2.05) is 17.7 Å². The van der Waals surface area contributed by atoms with Crippen LogP contribution in [0.15, 0.2) is 18.2 Å². The molecule has 0 atom stereocenters. The van der Waals surface area contributed by atoms with Crippen LogP contribution in [0.3, 0.4) is 0 Å². The van der Waals surface area contributed by atoms with Gasteiger partial charge >= 0.3 is 0 Å². The molecule has 0 saturated heterocycles. The Balaban J connectivity index is 2.10. The first-order chi connectivity index (χ1) is 9.30. The predicted molar refractivity (Wildman–Crippen MR) is 75.7 cm³/mol. The van der Waals surface area contributed by atoms with Gasteiger partial charge < -0.3 is 15.6 Å². The van der Waals surface area contributed by atoms with Gasteiger partial charge in [0, 0.05) is 20.0 Å². The molecule has 0 radical (unpaired) electrons. The Labute approximate surface area is 117 Å². The summed E-state index contributed by atoms with van der Waals surface area (Å²) in [4.78, 5) is 15.9. The number of nitrogens with zero attached hydrogens (tertiary/aromatic N) is 2. The molecule has 6 heteroatoms. The molecule has 0 saturated carbocycles. The second-order valence-electron chi connectivity index (χ2n) is 5.42. The van der Waals surface area contributed by atoms with Gasteiger partial charge in [-0.05, 0) is 26.0 Å². The lowest BCUT2D eigenvalue weighted by atomic mass is 10.1. The van der Waals surface area contributed by atoms with E-state index < -0.39 is 5.54 Å². The lowest BCUT2D eigenvalue weighted by Crippen LogP contribution is -2.49. The molecule has 5 nitrogen and oxygen atoms in total. The molecule has 0 bridgehead atoms. The second kappa shape index (κ2) is 5.20. The second-order valence-corrected chi connectivity index (χ2v) is 5.42. The first-order valence-electron chi connectivity index (χ1n) is 6.47. The third-order valence-electron chi connectivity index (χ3n) is 3.17. The fraction of sp³-hybridized carbons (Fsp3) is 0.429. The van der Waals surface area contributed by atoms with Crippen LogP contribution in [0.5, 0.6) is 0 Å². The Morgan fingerprint density at radius 1 is 1.50 bits per heavy atom. The number of nitrogens with one attached hydrogen (secondary N) is 1. The third kappa shape index (κ3) is 2.80. The first-order valence-corrected chi connectivity index (χ1v) is 6.47. The van der Waals surface area contributed by atoms with Crippen LogP contribution in [0.1, 0.15) is 19.7 Å². The van der Waals surface area contributed by atoms with Gasteiger partial charge in [0.2, 0.25) is 5.91 Å². The largest absolute Gasteiger partial charge is 0.354 e. The SMILES string of the molecule is Cn1c(CCNC(=O)C(C)(C)N)nc2c(F)cccc21. The summed E-state index contributed by atoms with van der Waals surface area (Å²) in [5.74, 6) is 0.166. The summed E-state index contributed by atoms with van der Waals surface area (Å²) < 4.78 is 15.5. The number of rotatable bonds is 4. The molecule has 0 aliphatic heterocycles. The zero-order valence-electron chi connectivity index (χ0n) is 11.9. The number of amides is 1. The predicted octanol–water partition coefficient (Wildman–Crippen LogP) is 1.11. The smallest absolute Gasteiger partial charge is 0.239 e. The van der Waals surface area contributed by atoms with Crippen molar-refractivity contribution in [3.63, 3.8) is 0 Å². The molecule has 2 rings (SSSR count). The molecule has 1 aromatic carbocycles. The van der Waals surface area contributed by atoms with Gasteiger partial charge in [0.15, 0.2) is 5.82 Å². The Kier molecular flexibility index (Phi) is 3.76. The average Bonchev–Trinajstić information content (AvgIpc) is 2.67. The van der Waals surface area contributed by atoms with Crippen LogP contribution < -0.4 is 11.1 Å². The number of aryl methyl sites for hydroxylation is 1. The Morgan fingerprint density at radius 3 is 2.80 bits per heavy atom. The van der Waals surface area contributed by atoms with Crippen molar-refractivity contribution < 1.29 is 9.18 Å². The molecule has 1 aromatic heterocycles. The summed E-state index contributed by atoms with van der Waals surface area (Å²) in [5.41, 5.74) is 5.88. The molecule has 2 aromatic rings. The fourth-order valence-corrected chi connectivity index (χ4v) is 1.97. The molecule has 0 spiro atoms. The van der Waals surface area contributed by atoms with Gasteiger partial charge in [0.05, 0.1) is 11.1 Å². The highest BCUT2D eigenvalue weighted by molar-refractivity contribution is 5.85. The van der Waals surface area contributed by atoms with Gasteiger partial charge in [-0.2, -0.15) is 0 Å². The number of benzene rings is 1. The van der Waals surface area contributed by atoms with E-state index in [0.29, 0.717) is 18.5 Å². The van der Waals surface area contributed by atoms with Crippen molar-refractivity contribution >= 4 is 16.9 Å². The number of nitrogens with two attached hydrogens (primary N) is 1. The lowest BCUT2D eigenvalue weighted by molar-refractivity contribution is -0.125. The van der Waals surface area contributed by atoms with Crippen molar-refractivity contribution in [3.8, 4) is 0 Å².